The number of hydrogen-bond donors (Lipinski definition) is 1. The first-order valence-corrected chi connectivity index (χ1v) is 11.0. The number of carbonyl (C=O) groups is 2. The third kappa shape index (κ3) is 5.76. The van der Waals surface area contributed by atoms with Crippen molar-refractivity contribution in [1.82, 2.24) is 10.2 Å². The molecule has 0 aliphatic carbocycles. The Labute approximate surface area is 189 Å². The van der Waals surface area contributed by atoms with E-state index < -0.39 is 5.60 Å². The molecule has 3 rings (SSSR count). The lowest BCUT2D eigenvalue weighted by Gasteiger charge is -2.38. The molecule has 0 saturated carbocycles. The molecule has 32 heavy (non-hydrogen) atoms. The molecule has 1 unspecified atom stereocenters. The van der Waals surface area contributed by atoms with E-state index in [0.29, 0.717) is 62.1 Å². The third-order valence-electron chi connectivity index (χ3n) is 5.50. The maximum Gasteiger partial charge on any atom is 0.410 e. The normalized spacial score (nSPS) is 20.8. The van der Waals surface area contributed by atoms with Crippen molar-refractivity contribution in [2.45, 2.75) is 45.3 Å². The third-order valence-corrected chi connectivity index (χ3v) is 5.50. The van der Waals surface area contributed by atoms with Crippen LogP contribution in [0.5, 0.6) is 17.2 Å². The number of methoxy groups -OCH3 is 2. The van der Waals surface area contributed by atoms with Gasteiger partial charge in [-0.3, -0.25) is 4.79 Å². The number of nitrogens with zero attached hydrogens (tertiary/aromatic N) is 1. The van der Waals surface area contributed by atoms with Crippen LogP contribution in [0.1, 0.15) is 44.0 Å². The zero-order valence-corrected chi connectivity index (χ0v) is 19.6. The minimum atomic E-state index is -0.549. The van der Waals surface area contributed by atoms with E-state index in [1.165, 1.54) is 0 Å². The van der Waals surface area contributed by atoms with Crippen molar-refractivity contribution in [3.63, 3.8) is 0 Å². The number of likely N-dealkylation sites (tertiary alicyclic amines) is 1. The van der Waals surface area contributed by atoms with E-state index in [1.54, 1.807) is 31.3 Å². The summed E-state index contributed by atoms with van der Waals surface area (Å²) in [5.41, 5.74) is -0.144. The van der Waals surface area contributed by atoms with Crippen LogP contribution in [0.4, 0.5) is 4.79 Å². The second-order valence-corrected chi connectivity index (χ2v) is 8.98. The predicted octanol–water partition coefficient (Wildman–Crippen LogP) is 2.86. The quantitative estimate of drug-likeness (QED) is 0.737. The Morgan fingerprint density at radius 3 is 2.53 bits per heavy atom. The summed E-state index contributed by atoms with van der Waals surface area (Å²) in [6, 6.07) is 3.39. The standard InChI is InChI=1S/C23H34N2O7/c1-23(2,3)32-22(27)25-10-9-15(18(14-25)29-5)13-24-21(26)16-7-8-17(28-4)20-19(16)30-11-6-12-31-20/h7-8,15,18H,6,9-14H2,1-5H3,(H,24,26)/t15-,18?/m0/s1. The number of ether oxygens (including phenoxy) is 5. The Hall–Kier alpha value is -2.68. The van der Waals surface area contributed by atoms with Crippen LogP contribution in [0.3, 0.4) is 0 Å². The summed E-state index contributed by atoms with van der Waals surface area (Å²) >= 11 is 0. The van der Waals surface area contributed by atoms with Crippen molar-refractivity contribution in [2.24, 2.45) is 5.92 Å². The van der Waals surface area contributed by atoms with Crippen molar-refractivity contribution < 1.29 is 33.3 Å². The average molecular weight is 451 g/mol. The van der Waals surface area contributed by atoms with Crippen LogP contribution in [0.15, 0.2) is 12.1 Å². The molecule has 1 aromatic carbocycles. The van der Waals surface area contributed by atoms with Crippen LogP contribution in [0, 0.1) is 5.92 Å². The fourth-order valence-corrected chi connectivity index (χ4v) is 3.85. The largest absolute Gasteiger partial charge is 0.493 e. The summed E-state index contributed by atoms with van der Waals surface area (Å²) in [5.74, 6) is 1.21. The van der Waals surface area contributed by atoms with Gasteiger partial charge in [0.15, 0.2) is 11.5 Å². The Kier molecular flexibility index (Phi) is 7.71. The number of carbonyl (C=O) groups excluding carboxylic acids is 2. The number of amides is 2. The first-order chi connectivity index (χ1) is 15.2. The summed E-state index contributed by atoms with van der Waals surface area (Å²) in [7, 11) is 3.17. The molecule has 2 aliphatic rings. The molecule has 1 saturated heterocycles. The van der Waals surface area contributed by atoms with Crippen LogP contribution in [-0.4, -0.2) is 75.7 Å². The van der Waals surface area contributed by atoms with Crippen molar-refractivity contribution in [2.75, 3.05) is 47.1 Å². The van der Waals surface area contributed by atoms with Crippen molar-refractivity contribution >= 4 is 12.0 Å². The highest BCUT2D eigenvalue weighted by Crippen LogP contribution is 2.41. The smallest absolute Gasteiger partial charge is 0.410 e. The van der Waals surface area contributed by atoms with Gasteiger partial charge in [-0.1, -0.05) is 0 Å². The molecule has 2 heterocycles. The predicted molar refractivity (Wildman–Crippen MR) is 118 cm³/mol. The van der Waals surface area contributed by atoms with Gasteiger partial charge in [0.1, 0.15) is 5.60 Å². The summed E-state index contributed by atoms with van der Waals surface area (Å²) < 4.78 is 28.0. The second kappa shape index (κ2) is 10.3. The second-order valence-electron chi connectivity index (χ2n) is 8.98. The molecule has 0 aromatic heterocycles. The maximum atomic E-state index is 13.0. The summed E-state index contributed by atoms with van der Waals surface area (Å²) in [4.78, 5) is 27.0. The zero-order valence-electron chi connectivity index (χ0n) is 19.6. The van der Waals surface area contributed by atoms with Gasteiger partial charge < -0.3 is 33.9 Å². The van der Waals surface area contributed by atoms with Gasteiger partial charge in [0.25, 0.3) is 5.91 Å². The van der Waals surface area contributed by atoms with Gasteiger partial charge in [-0.25, -0.2) is 4.79 Å². The molecule has 9 nitrogen and oxygen atoms in total. The summed E-state index contributed by atoms with van der Waals surface area (Å²) in [6.45, 7) is 7.88. The number of rotatable bonds is 5. The van der Waals surface area contributed by atoms with E-state index in [9.17, 15) is 9.59 Å². The average Bonchev–Trinajstić information content (AvgIpc) is 3.01. The molecule has 1 fully saturated rings. The lowest BCUT2D eigenvalue weighted by molar-refractivity contribution is -0.0280. The van der Waals surface area contributed by atoms with Gasteiger partial charge in [0, 0.05) is 32.5 Å². The molecule has 0 bridgehead atoms. The van der Waals surface area contributed by atoms with Gasteiger partial charge in [0.2, 0.25) is 5.75 Å². The van der Waals surface area contributed by atoms with E-state index >= 15 is 0 Å². The minimum absolute atomic E-state index is 0.0663. The van der Waals surface area contributed by atoms with Crippen LogP contribution < -0.4 is 19.5 Å². The van der Waals surface area contributed by atoms with Crippen molar-refractivity contribution in [3.8, 4) is 17.2 Å². The van der Waals surface area contributed by atoms with Gasteiger partial charge in [-0.2, -0.15) is 0 Å². The fraction of sp³-hybridized carbons (Fsp3) is 0.652. The Morgan fingerprint density at radius 1 is 1.16 bits per heavy atom. The van der Waals surface area contributed by atoms with Gasteiger partial charge in [0.05, 0.1) is 38.5 Å². The number of hydrogen-bond acceptors (Lipinski definition) is 7. The minimum Gasteiger partial charge on any atom is -0.493 e. The van der Waals surface area contributed by atoms with Gasteiger partial charge >= 0.3 is 6.09 Å². The maximum absolute atomic E-state index is 13.0. The fourth-order valence-electron chi connectivity index (χ4n) is 3.85. The number of piperidine rings is 1. The van der Waals surface area contributed by atoms with Gasteiger partial charge in [-0.05, 0) is 39.3 Å². The van der Waals surface area contributed by atoms with Crippen LogP contribution >= 0.6 is 0 Å². The Morgan fingerprint density at radius 2 is 1.88 bits per heavy atom. The molecule has 2 atom stereocenters. The van der Waals surface area contributed by atoms with Crippen LogP contribution in [0.25, 0.3) is 0 Å². The molecule has 178 valence electrons. The van der Waals surface area contributed by atoms with E-state index in [4.69, 9.17) is 23.7 Å². The molecule has 1 N–H and O–H groups in total. The van der Waals surface area contributed by atoms with E-state index in [1.807, 2.05) is 20.8 Å². The van der Waals surface area contributed by atoms with Crippen LogP contribution in [-0.2, 0) is 9.47 Å². The molecule has 2 aliphatic heterocycles. The lowest BCUT2D eigenvalue weighted by atomic mass is 9.93. The molecule has 1 aromatic rings. The first-order valence-electron chi connectivity index (χ1n) is 11.0. The van der Waals surface area contributed by atoms with E-state index in [-0.39, 0.29) is 24.0 Å². The molecule has 2 amide bonds. The number of fused-ring (bicyclic) bond motifs is 1. The summed E-state index contributed by atoms with van der Waals surface area (Å²) in [6.07, 6.45) is 0.868. The van der Waals surface area contributed by atoms with E-state index in [0.717, 1.165) is 6.42 Å². The Balaban J connectivity index is 1.63. The zero-order chi connectivity index (χ0) is 23.3. The van der Waals surface area contributed by atoms with Crippen LogP contribution in [0.2, 0.25) is 0 Å². The SMILES string of the molecule is COc1ccc(C(=O)NC[C@@H]2CCN(C(=O)OC(C)(C)C)CC2OC)c2c1OCCCO2. The monoisotopic (exact) mass is 450 g/mol. The number of benzene rings is 1. The molecular formula is C23H34N2O7. The van der Waals surface area contributed by atoms with Gasteiger partial charge in [-0.15, -0.1) is 0 Å². The van der Waals surface area contributed by atoms with E-state index in [2.05, 4.69) is 5.32 Å². The molecule has 0 spiro atoms. The number of nitrogens with one attached hydrogen (secondary N) is 1. The molecular weight excluding hydrogens is 416 g/mol. The highest BCUT2D eigenvalue weighted by atomic mass is 16.6. The lowest BCUT2D eigenvalue weighted by Crippen LogP contribution is -2.51. The first kappa shape index (κ1) is 24.0. The van der Waals surface area contributed by atoms with Crippen molar-refractivity contribution in [1.29, 1.82) is 0 Å². The van der Waals surface area contributed by atoms with Crippen molar-refractivity contribution in [3.05, 3.63) is 17.7 Å². The molecule has 9 heteroatoms. The molecule has 0 radical (unpaired) electrons. The topological polar surface area (TPSA) is 95.6 Å². The highest BCUT2D eigenvalue weighted by molar-refractivity contribution is 5.98. The summed E-state index contributed by atoms with van der Waals surface area (Å²) in [5, 5.41) is 2.99. The Bertz CT molecular complexity index is 821. The highest BCUT2D eigenvalue weighted by Gasteiger charge is 2.34.